The molecule has 0 radical (unpaired) electrons. The number of anilines is 1. The first-order valence-corrected chi connectivity index (χ1v) is 9.53. The van der Waals surface area contributed by atoms with Gasteiger partial charge in [0.05, 0.1) is 6.54 Å². The number of piperazine rings is 1. The molecule has 1 aliphatic rings. The number of hydrogen-bond donors (Lipinski definition) is 1. The maximum Gasteiger partial charge on any atom is 0.191 e. The molecule has 1 aliphatic heterocycles. The fourth-order valence-electron chi connectivity index (χ4n) is 2.49. The van der Waals surface area contributed by atoms with E-state index in [-0.39, 0.29) is 34.5 Å². The van der Waals surface area contributed by atoms with E-state index in [1.54, 1.807) is 12.1 Å². The van der Waals surface area contributed by atoms with E-state index in [2.05, 4.69) is 9.89 Å². The summed E-state index contributed by atoms with van der Waals surface area (Å²) in [5.74, 6) is 0.820. The summed E-state index contributed by atoms with van der Waals surface area (Å²) in [6.45, 7) is 9.55. The van der Waals surface area contributed by atoms with Gasteiger partial charge in [-0.3, -0.25) is 9.20 Å². The van der Waals surface area contributed by atoms with E-state index in [1.165, 1.54) is 12.1 Å². The van der Waals surface area contributed by atoms with E-state index in [1.807, 2.05) is 25.7 Å². The Bertz CT molecular complexity index is 596. The molecule has 1 atom stereocenters. The van der Waals surface area contributed by atoms with Crippen LogP contribution < -0.4 is 10.6 Å². The van der Waals surface area contributed by atoms with Crippen LogP contribution in [-0.4, -0.2) is 58.3 Å². The largest absolute Gasteiger partial charge is 0.370 e. The van der Waals surface area contributed by atoms with E-state index in [0.29, 0.717) is 18.3 Å². The average Bonchev–Trinajstić information content (AvgIpc) is 2.54. The van der Waals surface area contributed by atoms with Gasteiger partial charge >= 0.3 is 0 Å². The molecule has 142 valence electrons. The van der Waals surface area contributed by atoms with Crippen LogP contribution in [0.1, 0.15) is 20.8 Å². The molecular weight excluding hydrogens is 454 g/mol. The van der Waals surface area contributed by atoms with Crippen molar-refractivity contribution in [2.24, 2.45) is 10.7 Å². The van der Waals surface area contributed by atoms with Crippen molar-refractivity contribution < 1.29 is 8.60 Å². The first kappa shape index (κ1) is 22.1. The zero-order chi connectivity index (χ0) is 17.7. The van der Waals surface area contributed by atoms with Crippen molar-refractivity contribution in [3.63, 3.8) is 0 Å². The molecule has 0 spiro atoms. The van der Waals surface area contributed by atoms with E-state index >= 15 is 0 Å². The molecule has 0 amide bonds. The predicted molar refractivity (Wildman–Crippen MR) is 115 cm³/mol. The average molecular weight is 482 g/mol. The third-order valence-corrected chi connectivity index (χ3v) is 5.95. The fraction of sp³-hybridized carbons (Fsp3) is 0.588. The van der Waals surface area contributed by atoms with Gasteiger partial charge < -0.3 is 15.5 Å². The molecule has 25 heavy (non-hydrogen) atoms. The van der Waals surface area contributed by atoms with Gasteiger partial charge in [0, 0.05) is 53.2 Å². The molecule has 1 aromatic carbocycles. The second-order valence-electron chi connectivity index (χ2n) is 6.85. The van der Waals surface area contributed by atoms with Gasteiger partial charge in [-0.15, -0.1) is 24.0 Å². The number of rotatable bonds is 4. The molecule has 0 aromatic heterocycles. The quantitative estimate of drug-likeness (QED) is 0.407. The summed E-state index contributed by atoms with van der Waals surface area (Å²) in [6, 6.07) is 6.55. The highest BCUT2D eigenvalue weighted by Gasteiger charge is 2.20. The Balaban J connectivity index is 0.00000312. The minimum absolute atomic E-state index is 0. The lowest BCUT2D eigenvalue weighted by Gasteiger charge is -2.36. The van der Waals surface area contributed by atoms with E-state index in [9.17, 15) is 8.60 Å². The molecule has 5 nitrogen and oxygen atoms in total. The smallest absolute Gasteiger partial charge is 0.191 e. The minimum Gasteiger partial charge on any atom is -0.370 e. The lowest BCUT2D eigenvalue weighted by Crippen LogP contribution is -2.51. The SMILES string of the molecule is CC(C)(C)S(=O)CCN=C(N)N1CCN(c2ccc(F)cc2)CC1.I. The Kier molecular flexibility index (Phi) is 8.59. The topological polar surface area (TPSA) is 61.9 Å². The molecular formula is C17H28FIN4OS. The number of hydrogen-bond acceptors (Lipinski definition) is 3. The van der Waals surface area contributed by atoms with E-state index in [4.69, 9.17) is 5.73 Å². The number of guanidine groups is 1. The van der Waals surface area contributed by atoms with Gasteiger partial charge in [-0.1, -0.05) is 0 Å². The second kappa shape index (κ2) is 9.70. The summed E-state index contributed by atoms with van der Waals surface area (Å²) in [6.07, 6.45) is 0. The Hall–Kier alpha value is -0.900. The van der Waals surface area contributed by atoms with Crippen LogP contribution in [0.25, 0.3) is 0 Å². The number of benzene rings is 1. The Labute approximate surface area is 169 Å². The normalized spacial score (nSPS) is 17.2. The molecule has 0 bridgehead atoms. The Morgan fingerprint density at radius 1 is 1.20 bits per heavy atom. The van der Waals surface area contributed by atoms with Gasteiger partial charge in [0.1, 0.15) is 5.82 Å². The standard InChI is InChI=1S/C17H27FN4OS.HI/c1-17(2,3)24(23)13-8-20-16(19)22-11-9-21(10-12-22)15-6-4-14(18)5-7-15;/h4-7H,8-13H2,1-3H3,(H2,19,20);1H. The first-order valence-electron chi connectivity index (χ1n) is 8.21. The molecule has 0 aliphatic carbocycles. The van der Waals surface area contributed by atoms with Crippen molar-refractivity contribution in [2.45, 2.75) is 25.5 Å². The minimum atomic E-state index is -0.911. The van der Waals surface area contributed by atoms with Crippen LogP contribution >= 0.6 is 24.0 Å². The van der Waals surface area contributed by atoms with Crippen molar-refractivity contribution in [3.8, 4) is 0 Å². The monoisotopic (exact) mass is 482 g/mol. The van der Waals surface area contributed by atoms with Crippen LogP contribution in [0.2, 0.25) is 0 Å². The highest BCUT2D eigenvalue weighted by Crippen LogP contribution is 2.17. The van der Waals surface area contributed by atoms with Crippen molar-refractivity contribution in [3.05, 3.63) is 30.1 Å². The highest BCUT2D eigenvalue weighted by atomic mass is 127. The third-order valence-electron chi connectivity index (χ3n) is 4.03. The first-order chi connectivity index (χ1) is 11.3. The molecule has 1 saturated heterocycles. The number of nitrogens with zero attached hydrogens (tertiary/aromatic N) is 3. The Morgan fingerprint density at radius 3 is 2.28 bits per heavy atom. The predicted octanol–water partition coefficient (Wildman–Crippen LogP) is 2.43. The maximum atomic E-state index is 13.0. The molecule has 2 rings (SSSR count). The van der Waals surface area contributed by atoms with Crippen molar-refractivity contribution >= 4 is 46.4 Å². The number of halogens is 2. The van der Waals surface area contributed by atoms with Gasteiger partial charge in [0.2, 0.25) is 0 Å². The lowest BCUT2D eigenvalue weighted by molar-refractivity contribution is 0.381. The summed E-state index contributed by atoms with van der Waals surface area (Å²) < 4.78 is 24.8. The van der Waals surface area contributed by atoms with Crippen molar-refractivity contribution in [1.29, 1.82) is 0 Å². The summed E-state index contributed by atoms with van der Waals surface area (Å²) in [7, 11) is -0.911. The van der Waals surface area contributed by atoms with Crippen LogP contribution in [0.4, 0.5) is 10.1 Å². The summed E-state index contributed by atoms with van der Waals surface area (Å²) in [4.78, 5) is 8.62. The van der Waals surface area contributed by atoms with Gasteiger partial charge in [-0.2, -0.15) is 0 Å². The van der Waals surface area contributed by atoms with Gasteiger partial charge in [-0.25, -0.2) is 4.39 Å². The van der Waals surface area contributed by atoms with Crippen molar-refractivity contribution in [2.75, 3.05) is 43.4 Å². The molecule has 2 N–H and O–H groups in total. The number of aliphatic imine (C=N–C) groups is 1. The zero-order valence-electron chi connectivity index (χ0n) is 15.1. The lowest BCUT2D eigenvalue weighted by atomic mass is 10.2. The third kappa shape index (κ3) is 6.73. The highest BCUT2D eigenvalue weighted by molar-refractivity contribution is 14.0. The summed E-state index contributed by atoms with van der Waals surface area (Å²) in [5.41, 5.74) is 7.08. The van der Waals surface area contributed by atoms with Gasteiger partial charge in [-0.05, 0) is 45.0 Å². The summed E-state index contributed by atoms with van der Waals surface area (Å²) in [5, 5.41) is 0. The molecule has 0 saturated carbocycles. The maximum absolute atomic E-state index is 13.0. The van der Waals surface area contributed by atoms with Crippen LogP contribution in [0.3, 0.4) is 0 Å². The van der Waals surface area contributed by atoms with Crippen LogP contribution in [0.5, 0.6) is 0 Å². The van der Waals surface area contributed by atoms with E-state index in [0.717, 1.165) is 31.9 Å². The van der Waals surface area contributed by atoms with Crippen molar-refractivity contribution in [1.82, 2.24) is 4.90 Å². The van der Waals surface area contributed by atoms with Gasteiger partial charge in [0.25, 0.3) is 0 Å². The fourth-order valence-corrected chi connectivity index (χ4v) is 3.36. The zero-order valence-corrected chi connectivity index (χ0v) is 18.2. The Morgan fingerprint density at radius 2 is 1.76 bits per heavy atom. The molecule has 1 heterocycles. The van der Waals surface area contributed by atoms with Crippen LogP contribution in [0.15, 0.2) is 29.3 Å². The van der Waals surface area contributed by atoms with Crippen LogP contribution in [-0.2, 0) is 10.8 Å². The van der Waals surface area contributed by atoms with E-state index < -0.39 is 10.8 Å². The molecule has 1 fully saturated rings. The summed E-state index contributed by atoms with van der Waals surface area (Å²) >= 11 is 0. The number of nitrogens with two attached hydrogens (primary N) is 1. The molecule has 8 heteroatoms. The van der Waals surface area contributed by atoms with Gasteiger partial charge in [0.15, 0.2) is 5.96 Å². The second-order valence-corrected chi connectivity index (χ2v) is 9.18. The molecule has 1 aromatic rings. The molecule has 1 unspecified atom stereocenters. The van der Waals surface area contributed by atoms with Crippen LogP contribution in [0, 0.1) is 5.82 Å².